The summed E-state index contributed by atoms with van der Waals surface area (Å²) in [5, 5.41) is 13.1. The predicted molar refractivity (Wildman–Crippen MR) is 141 cm³/mol. The average molecular weight is 569 g/mol. The molecule has 1 fully saturated rings. The quantitative estimate of drug-likeness (QED) is 0.328. The number of rotatable bonds is 5. The van der Waals surface area contributed by atoms with Crippen molar-refractivity contribution in [2.24, 2.45) is 0 Å². The smallest absolute Gasteiger partial charge is 0.289 e. The largest absolute Gasteiger partial charge is 0.463 e. The van der Waals surface area contributed by atoms with E-state index >= 15 is 0 Å². The number of aryl methyl sites for hydroxylation is 1. The maximum Gasteiger partial charge on any atom is 0.289 e. The highest BCUT2D eigenvalue weighted by atomic mass is 35.5. The molecule has 1 aliphatic heterocycles. The lowest BCUT2D eigenvalue weighted by Gasteiger charge is -2.16. The molecule has 2 aromatic carbocycles. The van der Waals surface area contributed by atoms with Crippen molar-refractivity contribution in [1.82, 2.24) is 0 Å². The van der Waals surface area contributed by atoms with E-state index in [-0.39, 0.29) is 17.3 Å². The van der Waals surface area contributed by atoms with Crippen LogP contribution in [-0.2, 0) is 14.9 Å². The number of thiophene rings is 1. The van der Waals surface area contributed by atoms with Crippen LogP contribution in [0.25, 0.3) is 0 Å². The van der Waals surface area contributed by atoms with E-state index in [4.69, 9.17) is 26.3 Å². The third-order valence-electron chi connectivity index (χ3n) is 4.82. The number of halogens is 2. The molecule has 0 radical (unpaired) electrons. The molecule has 37 heavy (non-hydrogen) atoms. The predicted octanol–water partition coefficient (Wildman–Crippen LogP) is 4.63. The number of nitrogens with zero attached hydrogens (tertiary/aromatic N) is 1. The van der Waals surface area contributed by atoms with Crippen LogP contribution in [0.2, 0.25) is 4.34 Å². The summed E-state index contributed by atoms with van der Waals surface area (Å²) in [4.78, 5) is 27.5. The Hall–Kier alpha value is -3.52. The highest BCUT2D eigenvalue weighted by molar-refractivity contribution is 7.85. The van der Waals surface area contributed by atoms with Crippen LogP contribution in [-0.4, -0.2) is 50.2 Å². The van der Waals surface area contributed by atoms with Crippen molar-refractivity contribution in [3.8, 4) is 0 Å². The van der Waals surface area contributed by atoms with Crippen molar-refractivity contribution in [2.75, 3.05) is 34.9 Å². The first kappa shape index (κ1) is 28.1. The van der Waals surface area contributed by atoms with Gasteiger partial charge in [-0.2, -0.15) is 8.42 Å². The van der Waals surface area contributed by atoms with Gasteiger partial charge in [-0.05, 0) is 61.0 Å². The van der Waals surface area contributed by atoms with E-state index in [1.54, 1.807) is 48.2 Å². The fourth-order valence-corrected chi connectivity index (χ4v) is 4.11. The van der Waals surface area contributed by atoms with E-state index in [0.717, 1.165) is 23.1 Å². The molecule has 2 amide bonds. The summed E-state index contributed by atoms with van der Waals surface area (Å²) in [6.07, 6.45) is 0.715. The number of hydrogen-bond acceptors (Lipinski definition) is 7. The molecule has 14 heteroatoms. The number of amidine groups is 1. The molecule has 1 aromatic heterocycles. The van der Waals surface area contributed by atoms with E-state index in [1.807, 2.05) is 0 Å². The Labute approximate surface area is 221 Å². The first-order chi connectivity index (χ1) is 17.3. The molecule has 10 nitrogen and oxygen atoms in total. The van der Waals surface area contributed by atoms with Crippen molar-refractivity contribution in [3.63, 3.8) is 0 Å². The topological polar surface area (TPSA) is 149 Å². The van der Waals surface area contributed by atoms with Gasteiger partial charge in [-0.25, -0.2) is 4.39 Å². The zero-order chi connectivity index (χ0) is 27.3. The Morgan fingerprint density at radius 2 is 1.78 bits per heavy atom. The minimum Gasteiger partial charge on any atom is -0.463 e. The second-order valence-corrected chi connectivity index (χ2v) is 10.9. The molecule has 1 saturated heterocycles. The van der Waals surface area contributed by atoms with Gasteiger partial charge in [0.1, 0.15) is 12.4 Å². The van der Waals surface area contributed by atoms with Crippen LogP contribution in [0.3, 0.4) is 0 Å². The minimum absolute atomic E-state index is 0.0112. The maximum absolute atomic E-state index is 14.2. The van der Waals surface area contributed by atoms with Gasteiger partial charge in [-0.1, -0.05) is 11.6 Å². The molecular weight excluding hydrogens is 547 g/mol. The van der Waals surface area contributed by atoms with E-state index in [1.165, 1.54) is 6.07 Å². The highest BCUT2D eigenvalue weighted by Gasteiger charge is 2.21. The Balaban J connectivity index is 0.000000695. The van der Waals surface area contributed by atoms with Crippen molar-refractivity contribution in [3.05, 3.63) is 74.7 Å². The summed E-state index contributed by atoms with van der Waals surface area (Å²) in [6, 6.07) is 12.6. The van der Waals surface area contributed by atoms with Gasteiger partial charge < -0.3 is 15.4 Å². The zero-order valence-electron chi connectivity index (χ0n) is 19.5. The number of amides is 2. The Morgan fingerprint density at radius 3 is 2.32 bits per heavy atom. The maximum atomic E-state index is 14.2. The van der Waals surface area contributed by atoms with Gasteiger partial charge in [-0.3, -0.25) is 24.5 Å². The van der Waals surface area contributed by atoms with Crippen LogP contribution >= 0.6 is 22.9 Å². The lowest BCUT2D eigenvalue weighted by atomic mass is 10.1. The van der Waals surface area contributed by atoms with Gasteiger partial charge in [0.05, 0.1) is 33.3 Å². The SMILES string of the molecule is CS(=O)(=O)O.Cc1cc(NC(=O)c2ccc(Cl)s2)c(C(=O)Nc2ccc(N3CCOC3=N)cc2)cc1F. The lowest BCUT2D eigenvalue weighted by Crippen LogP contribution is -2.23. The van der Waals surface area contributed by atoms with Crippen LogP contribution < -0.4 is 15.5 Å². The summed E-state index contributed by atoms with van der Waals surface area (Å²) in [7, 11) is -3.67. The van der Waals surface area contributed by atoms with Gasteiger partial charge >= 0.3 is 0 Å². The number of carbonyl (C=O) groups excluding carboxylic acids is 2. The zero-order valence-corrected chi connectivity index (χ0v) is 21.9. The standard InChI is InChI=1S/C22H18ClFN4O3S.CH4O3S/c1-12-10-17(27-21(30)18-6-7-19(23)32-18)15(11-16(12)24)20(29)26-13-2-4-14(5-3-13)28-8-9-31-22(28)25;1-5(2,3)4/h2-7,10-11,25H,8-9H2,1H3,(H,26,29)(H,27,30);1H3,(H,2,3,4). The first-order valence-electron chi connectivity index (χ1n) is 10.5. The van der Waals surface area contributed by atoms with Crippen molar-refractivity contribution < 1.29 is 31.7 Å². The summed E-state index contributed by atoms with van der Waals surface area (Å²) >= 11 is 6.99. The molecule has 196 valence electrons. The fourth-order valence-electron chi connectivity index (χ4n) is 3.18. The third-order valence-corrected chi connectivity index (χ3v) is 6.05. The van der Waals surface area contributed by atoms with Gasteiger partial charge in [0.2, 0.25) is 0 Å². The van der Waals surface area contributed by atoms with Crippen molar-refractivity contribution >= 4 is 68.0 Å². The van der Waals surface area contributed by atoms with Crippen LogP contribution in [0.15, 0.2) is 48.5 Å². The summed E-state index contributed by atoms with van der Waals surface area (Å²) in [5.74, 6) is -1.58. The fraction of sp³-hybridized carbons (Fsp3) is 0.174. The molecule has 4 N–H and O–H groups in total. The van der Waals surface area contributed by atoms with E-state index < -0.39 is 27.7 Å². The van der Waals surface area contributed by atoms with E-state index in [9.17, 15) is 22.4 Å². The monoisotopic (exact) mass is 568 g/mol. The van der Waals surface area contributed by atoms with Crippen LogP contribution in [0, 0.1) is 18.2 Å². The number of benzene rings is 2. The normalized spacial score (nSPS) is 12.9. The van der Waals surface area contributed by atoms with Crippen LogP contribution in [0.4, 0.5) is 21.5 Å². The van der Waals surface area contributed by atoms with E-state index in [0.29, 0.717) is 39.9 Å². The molecule has 0 saturated carbocycles. The van der Waals surface area contributed by atoms with Crippen molar-refractivity contribution in [1.29, 1.82) is 5.41 Å². The molecular formula is C23H22ClFN4O6S2. The Kier molecular flexibility index (Phi) is 8.86. The Morgan fingerprint density at radius 1 is 1.14 bits per heavy atom. The molecule has 0 bridgehead atoms. The van der Waals surface area contributed by atoms with Gasteiger partial charge in [-0.15, -0.1) is 11.3 Å². The van der Waals surface area contributed by atoms with Gasteiger partial charge in [0.25, 0.3) is 28.0 Å². The van der Waals surface area contributed by atoms with Crippen LogP contribution in [0.5, 0.6) is 0 Å². The molecule has 2 heterocycles. The first-order valence-corrected chi connectivity index (χ1v) is 13.6. The van der Waals surface area contributed by atoms with Crippen molar-refractivity contribution in [2.45, 2.75) is 6.92 Å². The Bertz CT molecular complexity index is 1440. The average Bonchev–Trinajstić information content (AvgIpc) is 3.43. The van der Waals surface area contributed by atoms with E-state index in [2.05, 4.69) is 10.6 Å². The number of ether oxygens (including phenoxy) is 1. The second kappa shape index (κ2) is 11.7. The third kappa shape index (κ3) is 7.98. The van der Waals surface area contributed by atoms with Crippen LogP contribution in [0.1, 0.15) is 25.6 Å². The molecule has 4 rings (SSSR count). The molecule has 3 aromatic rings. The molecule has 0 spiro atoms. The molecule has 0 atom stereocenters. The number of nitrogens with one attached hydrogen (secondary N) is 3. The number of carbonyl (C=O) groups is 2. The van der Waals surface area contributed by atoms with Gasteiger partial charge in [0, 0.05) is 11.4 Å². The number of hydrogen-bond donors (Lipinski definition) is 4. The lowest BCUT2D eigenvalue weighted by molar-refractivity contribution is 0.102. The summed E-state index contributed by atoms with van der Waals surface area (Å²) in [5.41, 5.74) is 1.71. The molecule has 0 aliphatic carbocycles. The molecule has 0 unspecified atom stereocenters. The molecule has 1 aliphatic rings. The highest BCUT2D eigenvalue weighted by Crippen LogP contribution is 2.26. The minimum atomic E-state index is -3.67. The summed E-state index contributed by atoms with van der Waals surface area (Å²) < 4.78 is 45.7. The second-order valence-electron chi connectivity index (χ2n) is 7.74. The van der Waals surface area contributed by atoms with Gasteiger partial charge in [0.15, 0.2) is 0 Å². The number of anilines is 3. The summed E-state index contributed by atoms with van der Waals surface area (Å²) in [6.45, 7) is 2.57.